The van der Waals surface area contributed by atoms with E-state index < -0.39 is 0 Å². The second-order valence-corrected chi connectivity index (χ2v) is 6.41. The molecule has 0 saturated heterocycles. The summed E-state index contributed by atoms with van der Waals surface area (Å²) in [6.07, 6.45) is 3.75. The molecule has 2 atom stereocenters. The van der Waals surface area contributed by atoms with Crippen LogP contribution in [0.4, 0.5) is 0 Å². The molecule has 2 aromatic heterocycles. The molecule has 3 rings (SSSR count). The van der Waals surface area contributed by atoms with Gasteiger partial charge in [-0.2, -0.15) is 0 Å². The van der Waals surface area contributed by atoms with Crippen molar-refractivity contribution in [1.82, 2.24) is 10.3 Å². The smallest absolute Gasteiger partial charge is 0.0482 e. The highest BCUT2D eigenvalue weighted by Gasteiger charge is 2.21. The molecule has 0 amide bonds. The third kappa shape index (κ3) is 2.99. The summed E-state index contributed by atoms with van der Waals surface area (Å²) in [7, 11) is 0. The molecule has 3 aromatic rings. The Balaban J connectivity index is 1.97. The van der Waals surface area contributed by atoms with Crippen molar-refractivity contribution in [3.8, 4) is 0 Å². The number of nitrogens with one attached hydrogen (secondary N) is 1. The van der Waals surface area contributed by atoms with Crippen LogP contribution in [-0.4, -0.2) is 11.5 Å². The van der Waals surface area contributed by atoms with Gasteiger partial charge in [-0.25, -0.2) is 0 Å². The van der Waals surface area contributed by atoms with Crippen LogP contribution in [0.3, 0.4) is 0 Å². The van der Waals surface area contributed by atoms with Crippen LogP contribution in [0.15, 0.2) is 54.9 Å². The number of hydrogen-bond acceptors (Lipinski definition) is 3. The molecule has 21 heavy (non-hydrogen) atoms. The molecule has 0 aliphatic rings. The summed E-state index contributed by atoms with van der Waals surface area (Å²) in [6, 6.07) is 15.5. The zero-order valence-electron chi connectivity index (χ0n) is 12.4. The number of likely N-dealkylation sites (N-methyl/N-ethyl adjacent to an activating group) is 1. The van der Waals surface area contributed by atoms with Crippen LogP contribution in [0.2, 0.25) is 0 Å². The number of benzene rings is 1. The van der Waals surface area contributed by atoms with E-state index in [2.05, 4.69) is 66.6 Å². The van der Waals surface area contributed by atoms with Gasteiger partial charge < -0.3 is 5.32 Å². The van der Waals surface area contributed by atoms with Crippen LogP contribution in [0.25, 0.3) is 10.1 Å². The van der Waals surface area contributed by atoms with Gasteiger partial charge in [-0.15, -0.1) is 11.3 Å². The summed E-state index contributed by atoms with van der Waals surface area (Å²) in [5.41, 5.74) is 1.33. The number of thiophene rings is 1. The highest BCUT2D eigenvalue weighted by molar-refractivity contribution is 7.19. The van der Waals surface area contributed by atoms with Crippen LogP contribution in [0, 0.1) is 0 Å². The first-order chi connectivity index (χ1) is 10.3. The minimum Gasteiger partial charge on any atom is -0.309 e. The fourth-order valence-corrected chi connectivity index (χ4v) is 4.00. The first-order valence-electron chi connectivity index (χ1n) is 7.41. The van der Waals surface area contributed by atoms with Crippen molar-refractivity contribution >= 4 is 21.4 Å². The number of nitrogens with zero attached hydrogens (tertiary/aromatic N) is 1. The summed E-state index contributed by atoms with van der Waals surface area (Å²) in [4.78, 5) is 5.53. The molecule has 0 aliphatic carbocycles. The lowest BCUT2D eigenvalue weighted by atomic mass is 9.93. The molecule has 1 N–H and O–H groups in total. The van der Waals surface area contributed by atoms with Gasteiger partial charge in [0.25, 0.3) is 0 Å². The second kappa shape index (κ2) is 6.37. The Morgan fingerprint density at radius 1 is 1.14 bits per heavy atom. The molecule has 2 nitrogen and oxygen atoms in total. The fourth-order valence-electron chi connectivity index (χ4n) is 2.76. The van der Waals surface area contributed by atoms with Gasteiger partial charge in [0.2, 0.25) is 0 Å². The molecule has 108 valence electrons. The monoisotopic (exact) mass is 296 g/mol. The van der Waals surface area contributed by atoms with E-state index >= 15 is 0 Å². The van der Waals surface area contributed by atoms with E-state index in [4.69, 9.17) is 0 Å². The summed E-state index contributed by atoms with van der Waals surface area (Å²) in [5, 5.41) is 4.98. The molecular formula is C18H20N2S. The summed E-state index contributed by atoms with van der Waals surface area (Å²) < 4.78 is 1.36. The van der Waals surface area contributed by atoms with Gasteiger partial charge >= 0.3 is 0 Å². The van der Waals surface area contributed by atoms with Gasteiger partial charge in [0, 0.05) is 33.9 Å². The minimum atomic E-state index is 0.342. The summed E-state index contributed by atoms with van der Waals surface area (Å²) in [6.45, 7) is 5.42. The lowest BCUT2D eigenvalue weighted by molar-refractivity contribution is 0.486. The first kappa shape index (κ1) is 14.2. The maximum atomic E-state index is 4.12. The molecule has 3 heteroatoms. The van der Waals surface area contributed by atoms with E-state index in [1.165, 1.54) is 20.5 Å². The van der Waals surface area contributed by atoms with Crippen molar-refractivity contribution in [2.24, 2.45) is 0 Å². The zero-order chi connectivity index (χ0) is 14.7. The number of hydrogen-bond donors (Lipinski definition) is 1. The Labute approximate surface area is 129 Å². The maximum absolute atomic E-state index is 4.12. The SMILES string of the molecule is CCNC(c1cc2ccccc2s1)C(C)c1ccncc1. The van der Waals surface area contributed by atoms with E-state index in [1.54, 1.807) is 0 Å². The normalized spacial score (nSPS) is 14.2. The van der Waals surface area contributed by atoms with E-state index in [9.17, 15) is 0 Å². The van der Waals surface area contributed by atoms with Crippen LogP contribution in [0.5, 0.6) is 0 Å². The fraction of sp³-hybridized carbons (Fsp3) is 0.278. The average molecular weight is 296 g/mol. The largest absolute Gasteiger partial charge is 0.309 e. The molecular weight excluding hydrogens is 276 g/mol. The molecule has 0 bridgehead atoms. The van der Waals surface area contributed by atoms with Gasteiger partial charge in [-0.1, -0.05) is 32.0 Å². The molecule has 0 spiro atoms. The number of fused-ring (bicyclic) bond motifs is 1. The van der Waals surface area contributed by atoms with Crippen molar-refractivity contribution in [2.45, 2.75) is 25.8 Å². The lowest BCUT2D eigenvalue weighted by Crippen LogP contribution is -2.25. The maximum Gasteiger partial charge on any atom is 0.0482 e. The van der Waals surface area contributed by atoms with Crippen molar-refractivity contribution < 1.29 is 0 Å². The molecule has 0 fully saturated rings. The predicted molar refractivity (Wildman–Crippen MR) is 90.9 cm³/mol. The lowest BCUT2D eigenvalue weighted by Gasteiger charge is -2.24. The van der Waals surface area contributed by atoms with E-state index in [0.29, 0.717) is 12.0 Å². The third-order valence-corrected chi connectivity index (χ3v) is 5.11. The zero-order valence-corrected chi connectivity index (χ0v) is 13.2. The van der Waals surface area contributed by atoms with E-state index in [1.807, 2.05) is 23.7 Å². The summed E-state index contributed by atoms with van der Waals surface area (Å²) in [5.74, 6) is 0.418. The van der Waals surface area contributed by atoms with Crippen LogP contribution in [-0.2, 0) is 0 Å². The summed E-state index contributed by atoms with van der Waals surface area (Å²) >= 11 is 1.89. The topological polar surface area (TPSA) is 24.9 Å². The van der Waals surface area contributed by atoms with Gasteiger partial charge in [0.1, 0.15) is 0 Å². The quantitative estimate of drug-likeness (QED) is 0.735. The van der Waals surface area contributed by atoms with Crippen LogP contribution < -0.4 is 5.32 Å². The Morgan fingerprint density at radius 2 is 1.90 bits per heavy atom. The predicted octanol–water partition coefficient (Wildman–Crippen LogP) is 4.75. The molecule has 0 aliphatic heterocycles. The standard InChI is InChI=1S/C18H20N2S/c1-3-20-18(13(2)14-8-10-19-11-9-14)17-12-15-6-4-5-7-16(15)21-17/h4-13,18,20H,3H2,1-2H3. The van der Waals surface area contributed by atoms with Gasteiger partial charge in [0.05, 0.1) is 0 Å². The average Bonchev–Trinajstić information content (AvgIpc) is 2.96. The highest BCUT2D eigenvalue weighted by atomic mass is 32.1. The molecule has 0 saturated carbocycles. The van der Waals surface area contributed by atoms with E-state index in [-0.39, 0.29) is 0 Å². The number of pyridine rings is 1. The van der Waals surface area contributed by atoms with Crippen molar-refractivity contribution in [3.05, 3.63) is 65.3 Å². The van der Waals surface area contributed by atoms with Crippen LogP contribution in [0.1, 0.15) is 36.2 Å². The van der Waals surface area contributed by atoms with Crippen molar-refractivity contribution in [1.29, 1.82) is 0 Å². The highest BCUT2D eigenvalue weighted by Crippen LogP contribution is 2.37. The molecule has 2 unspecified atom stereocenters. The van der Waals surface area contributed by atoms with E-state index in [0.717, 1.165) is 6.54 Å². The number of rotatable bonds is 5. The van der Waals surface area contributed by atoms with Crippen molar-refractivity contribution in [2.75, 3.05) is 6.54 Å². The third-order valence-electron chi connectivity index (χ3n) is 3.91. The van der Waals surface area contributed by atoms with Gasteiger partial charge in [-0.05, 0) is 41.8 Å². The number of aromatic nitrogens is 1. The van der Waals surface area contributed by atoms with Gasteiger partial charge in [-0.3, -0.25) is 4.98 Å². The van der Waals surface area contributed by atoms with Crippen molar-refractivity contribution in [3.63, 3.8) is 0 Å². The Hall–Kier alpha value is -1.71. The van der Waals surface area contributed by atoms with Gasteiger partial charge in [0.15, 0.2) is 0 Å². The molecule has 1 aromatic carbocycles. The Morgan fingerprint density at radius 3 is 2.62 bits per heavy atom. The second-order valence-electron chi connectivity index (χ2n) is 5.29. The molecule has 2 heterocycles. The Bertz CT molecular complexity index is 672. The Kier molecular flexibility index (Phi) is 4.32. The molecule has 0 radical (unpaired) electrons. The first-order valence-corrected chi connectivity index (χ1v) is 8.23. The van der Waals surface area contributed by atoms with Crippen LogP contribution >= 0.6 is 11.3 Å². The minimum absolute atomic E-state index is 0.342.